The van der Waals surface area contributed by atoms with E-state index in [1.54, 1.807) is 0 Å². The highest BCUT2D eigenvalue weighted by molar-refractivity contribution is 6.31. The molecular formula is C19H20ClNO3. The van der Waals surface area contributed by atoms with Gasteiger partial charge in [-0.05, 0) is 35.7 Å². The topological polar surface area (TPSA) is 61.6 Å². The first-order valence-corrected chi connectivity index (χ1v) is 8.15. The Labute approximate surface area is 146 Å². The molecule has 1 amide bonds. The number of carbonyl (C=O) groups is 1. The van der Waals surface area contributed by atoms with Gasteiger partial charge in [-0.3, -0.25) is 0 Å². The summed E-state index contributed by atoms with van der Waals surface area (Å²) >= 11 is 6.22. The van der Waals surface area contributed by atoms with Gasteiger partial charge in [0.25, 0.3) is 0 Å². The number of hydrogen-bond donors (Lipinski definition) is 1. The monoisotopic (exact) mass is 345 g/mol. The summed E-state index contributed by atoms with van der Waals surface area (Å²) < 4.78 is 11.3. The van der Waals surface area contributed by atoms with Gasteiger partial charge in [0.05, 0.1) is 6.61 Å². The Balaban J connectivity index is 2.02. The lowest BCUT2D eigenvalue weighted by Gasteiger charge is -2.38. The van der Waals surface area contributed by atoms with Crippen molar-refractivity contribution in [2.45, 2.75) is 26.9 Å². The summed E-state index contributed by atoms with van der Waals surface area (Å²) in [5, 5.41) is 0.724. The maximum absolute atomic E-state index is 11.3. The molecule has 126 valence electrons. The molecule has 2 N–H and O–H groups in total. The van der Waals surface area contributed by atoms with Gasteiger partial charge >= 0.3 is 6.09 Å². The summed E-state index contributed by atoms with van der Waals surface area (Å²) in [6.45, 7) is 6.38. The van der Waals surface area contributed by atoms with Crippen LogP contribution in [0.4, 0.5) is 4.79 Å². The zero-order valence-corrected chi connectivity index (χ0v) is 14.7. The van der Waals surface area contributed by atoms with E-state index in [1.807, 2.05) is 57.2 Å². The number of primary amides is 1. The lowest BCUT2D eigenvalue weighted by Crippen LogP contribution is -2.37. The molecular weight excluding hydrogens is 326 g/mol. The average Bonchev–Trinajstić information content (AvgIpc) is 2.52. The quantitative estimate of drug-likeness (QED) is 0.844. The second-order valence-electron chi connectivity index (χ2n) is 6.81. The van der Waals surface area contributed by atoms with Gasteiger partial charge in [-0.2, -0.15) is 0 Å². The van der Waals surface area contributed by atoms with E-state index in [2.05, 4.69) is 0 Å². The Kier molecular flexibility index (Phi) is 4.18. The number of hydrogen-bond acceptors (Lipinski definition) is 3. The smallest absolute Gasteiger partial charge is 0.405 e. The molecule has 1 aliphatic heterocycles. The number of aryl methyl sites for hydroxylation is 1. The zero-order chi connectivity index (χ0) is 17.5. The highest BCUT2D eigenvalue weighted by Crippen LogP contribution is 2.46. The lowest BCUT2D eigenvalue weighted by molar-refractivity contribution is -0.0176. The van der Waals surface area contributed by atoms with E-state index in [9.17, 15) is 4.79 Å². The molecule has 1 atom stereocenters. The van der Waals surface area contributed by atoms with Crippen molar-refractivity contribution in [2.75, 3.05) is 6.61 Å². The molecule has 2 aromatic carbocycles. The van der Waals surface area contributed by atoms with Crippen LogP contribution in [-0.2, 0) is 4.74 Å². The third-order valence-corrected chi connectivity index (χ3v) is 4.75. The highest BCUT2D eigenvalue weighted by Gasteiger charge is 2.40. The average molecular weight is 346 g/mol. The number of amides is 1. The van der Waals surface area contributed by atoms with Crippen LogP contribution in [0.2, 0.25) is 5.02 Å². The van der Waals surface area contributed by atoms with Gasteiger partial charge in [-0.25, -0.2) is 4.79 Å². The third kappa shape index (κ3) is 3.06. The van der Waals surface area contributed by atoms with Crippen molar-refractivity contribution < 1.29 is 14.3 Å². The van der Waals surface area contributed by atoms with Crippen LogP contribution in [0, 0.1) is 12.3 Å². The van der Waals surface area contributed by atoms with Crippen LogP contribution < -0.4 is 10.5 Å². The first kappa shape index (κ1) is 16.7. The van der Waals surface area contributed by atoms with Crippen LogP contribution in [0.5, 0.6) is 5.75 Å². The van der Waals surface area contributed by atoms with Crippen molar-refractivity contribution in [3.8, 4) is 16.9 Å². The normalized spacial score (nSPS) is 18.4. The molecule has 1 aliphatic rings. The Morgan fingerprint density at radius 3 is 2.58 bits per heavy atom. The molecule has 0 saturated heterocycles. The molecule has 0 fully saturated rings. The molecule has 1 unspecified atom stereocenters. The summed E-state index contributed by atoms with van der Waals surface area (Å²) in [6.07, 6.45) is -1.22. The minimum atomic E-state index is -0.782. The van der Waals surface area contributed by atoms with E-state index in [-0.39, 0.29) is 5.41 Å². The van der Waals surface area contributed by atoms with Crippen molar-refractivity contribution in [1.82, 2.24) is 0 Å². The van der Waals surface area contributed by atoms with Gasteiger partial charge in [0.15, 0.2) is 0 Å². The summed E-state index contributed by atoms with van der Waals surface area (Å²) in [5.41, 5.74) is 8.75. The Morgan fingerprint density at radius 1 is 1.25 bits per heavy atom. The Hall–Kier alpha value is -2.20. The molecule has 0 aromatic heterocycles. The molecule has 0 saturated carbocycles. The molecule has 1 heterocycles. The number of rotatable bonds is 2. The summed E-state index contributed by atoms with van der Waals surface area (Å²) in [5.74, 6) is 0.703. The number of ether oxygens (including phenoxy) is 2. The molecule has 4 nitrogen and oxygen atoms in total. The maximum atomic E-state index is 11.3. The second-order valence-corrected chi connectivity index (χ2v) is 7.22. The SMILES string of the molecule is Cc1ccc(-c2ccc3c(c2)OCC(C)(C)C3OC(N)=O)cc1Cl. The highest BCUT2D eigenvalue weighted by atomic mass is 35.5. The van der Waals surface area contributed by atoms with E-state index in [0.717, 1.165) is 27.3 Å². The molecule has 0 bridgehead atoms. The summed E-state index contributed by atoms with van der Waals surface area (Å²) in [6, 6.07) is 11.8. The molecule has 5 heteroatoms. The fourth-order valence-electron chi connectivity index (χ4n) is 2.93. The Morgan fingerprint density at radius 2 is 1.92 bits per heavy atom. The molecule has 0 radical (unpaired) electrons. The van der Waals surface area contributed by atoms with Gasteiger partial charge in [0.2, 0.25) is 0 Å². The predicted molar refractivity (Wildman–Crippen MR) is 94.3 cm³/mol. The standard InChI is InChI=1S/C19H20ClNO3/c1-11-4-5-12(8-15(11)20)13-6-7-14-16(9-13)23-10-19(2,3)17(14)24-18(21)22/h4-9,17H,10H2,1-3H3,(H2,21,22). The fourth-order valence-corrected chi connectivity index (χ4v) is 3.11. The van der Waals surface area contributed by atoms with Gasteiger partial charge in [-0.1, -0.05) is 49.7 Å². The number of halogens is 1. The van der Waals surface area contributed by atoms with Crippen LogP contribution in [-0.4, -0.2) is 12.7 Å². The van der Waals surface area contributed by atoms with Gasteiger partial charge in [0, 0.05) is 16.0 Å². The van der Waals surface area contributed by atoms with Crippen LogP contribution in [0.15, 0.2) is 36.4 Å². The number of nitrogens with two attached hydrogens (primary N) is 1. The molecule has 2 aromatic rings. The van der Waals surface area contributed by atoms with Gasteiger partial charge in [0.1, 0.15) is 11.9 Å². The largest absolute Gasteiger partial charge is 0.492 e. The fraction of sp³-hybridized carbons (Fsp3) is 0.316. The van der Waals surface area contributed by atoms with Crippen LogP contribution in [0.25, 0.3) is 11.1 Å². The number of benzene rings is 2. The number of fused-ring (bicyclic) bond motifs is 1. The van der Waals surface area contributed by atoms with E-state index < -0.39 is 12.2 Å². The first-order chi connectivity index (χ1) is 11.3. The van der Waals surface area contributed by atoms with Gasteiger partial charge in [-0.15, -0.1) is 0 Å². The van der Waals surface area contributed by atoms with E-state index in [0.29, 0.717) is 12.4 Å². The van der Waals surface area contributed by atoms with Crippen molar-refractivity contribution in [1.29, 1.82) is 0 Å². The zero-order valence-electron chi connectivity index (χ0n) is 13.9. The second kappa shape index (κ2) is 6.02. The molecule has 24 heavy (non-hydrogen) atoms. The van der Waals surface area contributed by atoms with Crippen LogP contribution >= 0.6 is 11.6 Å². The third-order valence-electron chi connectivity index (χ3n) is 4.34. The van der Waals surface area contributed by atoms with Gasteiger partial charge < -0.3 is 15.2 Å². The maximum Gasteiger partial charge on any atom is 0.405 e. The minimum Gasteiger partial charge on any atom is -0.492 e. The Bertz CT molecular complexity index is 801. The molecule has 0 spiro atoms. The molecule has 3 rings (SSSR count). The lowest BCUT2D eigenvalue weighted by atomic mass is 9.80. The van der Waals surface area contributed by atoms with Crippen molar-refractivity contribution in [2.24, 2.45) is 11.1 Å². The van der Waals surface area contributed by atoms with E-state index >= 15 is 0 Å². The summed E-state index contributed by atoms with van der Waals surface area (Å²) in [4.78, 5) is 11.3. The van der Waals surface area contributed by atoms with Crippen molar-refractivity contribution >= 4 is 17.7 Å². The summed E-state index contributed by atoms with van der Waals surface area (Å²) in [7, 11) is 0. The van der Waals surface area contributed by atoms with E-state index in [4.69, 9.17) is 26.8 Å². The predicted octanol–water partition coefficient (Wildman–Crippen LogP) is 4.87. The van der Waals surface area contributed by atoms with Crippen LogP contribution in [0.1, 0.15) is 31.1 Å². The van der Waals surface area contributed by atoms with E-state index in [1.165, 1.54) is 0 Å². The van der Waals surface area contributed by atoms with Crippen LogP contribution in [0.3, 0.4) is 0 Å². The molecule has 0 aliphatic carbocycles. The number of carbonyl (C=O) groups excluding carboxylic acids is 1. The minimum absolute atomic E-state index is 0.350. The van der Waals surface area contributed by atoms with Crippen molar-refractivity contribution in [3.63, 3.8) is 0 Å². The van der Waals surface area contributed by atoms with Crippen molar-refractivity contribution in [3.05, 3.63) is 52.5 Å². The first-order valence-electron chi connectivity index (χ1n) is 7.77.